The minimum absolute atomic E-state index is 0.0905. The topological polar surface area (TPSA) is 22.1 Å². The van der Waals surface area contributed by atoms with Crippen molar-refractivity contribution in [1.82, 2.24) is 4.98 Å². The van der Waals surface area contributed by atoms with Crippen LogP contribution in [0.25, 0.3) is 0 Å². The van der Waals surface area contributed by atoms with Gasteiger partial charge in [0.15, 0.2) is 0 Å². The van der Waals surface area contributed by atoms with Gasteiger partial charge in [-0.05, 0) is 43.4 Å². The van der Waals surface area contributed by atoms with Gasteiger partial charge in [0.1, 0.15) is 0 Å². The number of halogens is 1. The van der Waals surface area contributed by atoms with Gasteiger partial charge in [-0.25, -0.2) is 0 Å². The molecule has 0 aliphatic carbocycles. The van der Waals surface area contributed by atoms with Gasteiger partial charge in [-0.1, -0.05) is 0 Å². The van der Waals surface area contributed by atoms with Gasteiger partial charge in [0.2, 0.25) is 0 Å². The summed E-state index contributed by atoms with van der Waals surface area (Å²) in [6.45, 7) is 0.865. The molecule has 1 aliphatic rings. The van der Waals surface area contributed by atoms with Gasteiger partial charge >= 0.3 is 0 Å². The summed E-state index contributed by atoms with van der Waals surface area (Å²) in [5, 5.41) is 0.0905. The van der Waals surface area contributed by atoms with Crippen LogP contribution in [0.5, 0.6) is 0 Å². The minimum atomic E-state index is 0.0905. The monoisotopic (exact) mass is 225 g/mol. The third-order valence-corrected chi connectivity index (χ3v) is 3.23. The predicted octanol–water partition coefficient (Wildman–Crippen LogP) is 2.80. The smallest absolute Gasteiger partial charge is 0.0741 e. The Morgan fingerprint density at radius 3 is 2.87 bits per heavy atom. The van der Waals surface area contributed by atoms with Crippen LogP contribution in [-0.2, 0) is 11.2 Å². The summed E-state index contributed by atoms with van der Waals surface area (Å²) in [5.41, 5.74) is 1.24. The first-order valence-electron chi connectivity index (χ1n) is 5.51. The van der Waals surface area contributed by atoms with E-state index in [2.05, 4.69) is 4.98 Å². The van der Waals surface area contributed by atoms with Crippen molar-refractivity contribution in [3.8, 4) is 0 Å². The number of hydrogen-bond donors (Lipinski definition) is 0. The van der Waals surface area contributed by atoms with E-state index in [9.17, 15) is 0 Å². The van der Waals surface area contributed by atoms with Crippen LogP contribution in [-0.4, -0.2) is 23.1 Å². The van der Waals surface area contributed by atoms with E-state index < -0.39 is 0 Å². The maximum absolute atomic E-state index is 6.35. The van der Waals surface area contributed by atoms with Crippen molar-refractivity contribution in [2.45, 2.75) is 37.2 Å². The van der Waals surface area contributed by atoms with Crippen molar-refractivity contribution >= 4 is 11.6 Å². The highest BCUT2D eigenvalue weighted by Crippen LogP contribution is 2.22. The molecule has 15 heavy (non-hydrogen) atoms. The molecule has 2 unspecified atom stereocenters. The number of rotatable bonds is 3. The van der Waals surface area contributed by atoms with Gasteiger partial charge in [0, 0.05) is 19.0 Å². The van der Waals surface area contributed by atoms with Crippen LogP contribution >= 0.6 is 11.6 Å². The molecule has 2 rings (SSSR count). The molecule has 2 nitrogen and oxygen atoms in total. The SMILES string of the molecule is ClC(Cc1ccncc1)C1CCCCO1. The van der Waals surface area contributed by atoms with E-state index in [0.717, 1.165) is 19.4 Å². The first-order chi connectivity index (χ1) is 7.36. The standard InChI is InChI=1S/C12H16ClNO/c13-11(12-3-1-2-8-15-12)9-10-4-6-14-7-5-10/h4-7,11-12H,1-3,8-9H2. The highest BCUT2D eigenvalue weighted by molar-refractivity contribution is 6.21. The van der Waals surface area contributed by atoms with Crippen molar-refractivity contribution in [3.05, 3.63) is 30.1 Å². The van der Waals surface area contributed by atoms with Crippen LogP contribution in [0.1, 0.15) is 24.8 Å². The van der Waals surface area contributed by atoms with Crippen LogP contribution in [0.15, 0.2) is 24.5 Å². The maximum atomic E-state index is 6.35. The van der Waals surface area contributed by atoms with E-state index in [1.54, 1.807) is 12.4 Å². The molecule has 1 saturated heterocycles. The van der Waals surface area contributed by atoms with E-state index >= 15 is 0 Å². The zero-order valence-corrected chi connectivity index (χ0v) is 9.49. The largest absolute Gasteiger partial charge is 0.377 e. The molecule has 3 heteroatoms. The van der Waals surface area contributed by atoms with Crippen LogP contribution in [0, 0.1) is 0 Å². The van der Waals surface area contributed by atoms with Crippen molar-refractivity contribution in [1.29, 1.82) is 0 Å². The van der Waals surface area contributed by atoms with E-state index in [-0.39, 0.29) is 11.5 Å². The molecule has 1 fully saturated rings. The molecule has 0 aromatic carbocycles. The van der Waals surface area contributed by atoms with E-state index in [1.807, 2.05) is 12.1 Å². The number of hydrogen-bond acceptors (Lipinski definition) is 2. The second-order valence-corrected chi connectivity index (χ2v) is 4.54. The lowest BCUT2D eigenvalue weighted by molar-refractivity contribution is 0.0140. The Labute approximate surface area is 95.6 Å². The summed E-state index contributed by atoms with van der Waals surface area (Å²) in [4.78, 5) is 3.99. The number of nitrogens with zero attached hydrogens (tertiary/aromatic N) is 1. The molecular weight excluding hydrogens is 210 g/mol. The van der Waals surface area contributed by atoms with Gasteiger partial charge in [0.05, 0.1) is 11.5 Å². The molecule has 0 radical (unpaired) electrons. The fourth-order valence-electron chi connectivity index (χ4n) is 1.93. The number of aromatic nitrogens is 1. The Morgan fingerprint density at radius 1 is 1.40 bits per heavy atom. The molecule has 2 atom stereocenters. The van der Waals surface area contributed by atoms with Crippen molar-refractivity contribution in [2.75, 3.05) is 6.61 Å². The molecular formula is C12H16ClNO. The highest BCUT2D eigenvalue weighted by atomic mass is 35.5. The lowest BCUT2D eigenvalue weighted by Gasteiger charge is -2.26. The lowest BCUT2D eigenvalue weighted by atomic mass is 10.0. The molecule has 1 aliphatic heterocycles. The predicted molar refractivity (Wildman–Crippen MR) is 61.2 cm³/mol. The molecule has 0 spiro atoms. The summed E-state index contributed by atoms with van der Waals surface area (Å²) >= 11 is 6.35. The molecule has 0 bridgehead atoms. The van der Waals surface area contributed by atoms with Gasteiger partial charge in [-0.3, -0.25) is 4.98 Å². The number of pyridine rings is 1. The first kappa shape index (κ1) is 10.9. The second-order valence-electron chi connectivity index (χ2n) is 3.98. The fourth-order valence-corrected chi connectivity index (χ4v) is 2.30. The van der Waals surface area contributed by atoms with Crippen LogP contribution in [0.3, 0.4) is 0 Å². The summed E-state index contributed by atoms with van der Waals surface area (Å²) in [7, 11) is 0. The Bertz CT molecular complexity index is 285. The first-order valence-corrected chi connectivity index (χ1v) is 5.94. The zero-order chi connectivity index (χ0) is 10.5. The summed E-state index contributed by atoms with van der Waals surface area (Å²) < 4.78 is 5.66. The normalized spacial score (nSPS) is 23.7. The molecule has 2 heterocycles. The minimum Gasteiger partial charge on any atom is -0.377 e. The van der Waals surface area contributed by atoms with Crippen molar-refractivity contribution < 1.29 is 4.74 Å². The summed E-state index contributed by atoms with van der Waals surface area (Å²) in [5.74, 6) is 0. The average Bonchev–Trinajstić information content (AvgIpc) is 2.31. The Kier molecular flexibility index (Phi) is 3.98. The van der Waals surface area contributed by atoms with Crippen molar-refractivity contribution in [2.24, 2.45) is 0 Å². The summed E-state index contributed by atoms with van der Waals surface area (Å²) in [6, 6.07) is 4.02. The average molecular weight is 226 g/mol. The Morgan fingerprint density at radius 2 is 2.20 bits per heavy atom. The lowest BCUT2D eigenvalue weighted by Crippen LogP contribution is -2.30. The molecule has 0 saturated carbocycles. The van der Waals surface area contributed by atoms with Gasteiger partial charge in [-0.2, -0.15) is 0 Å². The molecule has 0 N–H and O–H groups in total. The highest BCUT2D eigenvalue weighted by Gasteiger charge is 2.22. The quantitative estimate of drug-likeness (QED) is 0.738. The molecule has 1 aromatic heterocycles. The zero-order valence-electron chi connectivity index (χ0n) is 8.73. The third-order valence-electron chi connectivity index (χ3n) is 2.80. The number of alkyl halides is 1. The molecule has 82 valence electrons. The summed E-state index contributed by atoms with van der Waals surface area (Å²) in [6.07, 6.45) is 8.23. The Hall–Kier alpha value is -0.600. The van der Waals surface area contributed by atoms with Crippen LogP contribution < -0.4 is 0 Å². The number of ether oxygens (including phenoxy) is 1. The van der Waals surface area contributed by atoms with Gasteiger partial charge in [-0.15, -0.1) is 11.6 Å². The fraction of sp³-hybridized carbons (Fsp3) is 0.583. The third kappa shape index (κ3) is 3.18. The van der Waals surface area contributed by atoms with Gasteiger partial charge in [0.25, 0.3) is 0 Å². The van der Waals surface area contributed by atoms with E-state index in [4.69, 9.17) is 16.3 Å². The van der Waals surface area contributed by atoms with Crippen LogP contribution in [0.4, 0.5) is 0 Å². The van der Waals surface area contributed by atoms with Crippen LogP contribution in [0.2, 0.25) is 0 Å². The molecule has 1 aromatic rings. The Balaban J connectivity index is 1.88. The van der Waals surface area contributed by atoms with Crippen molar-refractivity contribution in [3.63, 3.8) is 0 Å². The molecule has 0 amide bonds. The second kappa shape index (κ2) is 5.47. The maximum Gasteiger partial charge on any atom is 0.0741 e. The van der Waals surface area contributed by atoms with E-state index in [1.165, 1.54) is 18.4 Å². The van der Waals surface area contributed by atoms with E-state index in [0.29, 0.717) is 0 Å². The van der Waals surface area contributed by atoms with Gasteiger partial charge < -0.3 is 4.74 Å².